The SMILES string of the molecule is N#Cc1ccc(CC(=O)c2ccc(Cl)cc2C(=O)O)cc1. The molecule has 104 valence electrons. The Balaban J connectivity index is 2.28. The van der Waals surface area contributed by atoms with Gasteiger partial charge in [-0.3, -0.25) is 4.79 Å². The molecule has 0 spiro atoms. The highest BCUT2D eigenvalue weighted by Crippen LogP contribution is 2.18. The molecular weight excluding hydrogens is 290 g/mol. The molecule has 0 saturated heterocycles. The molecule has 0 radical (unpaired) electrons. The van der Waals surface area contributed by atoms with Crippen LogP contribution in [0.25, 0.3) is 0 Å². The van der Waals surface area contributed by atoms with E-state index in [1.807, 2.05) is 6.07 Å². The summed E-state index contributed by atoms with van der Waals surface area (Å²) in [5.41, 5.74) is 1.23. The minimum Gasteiger partial charge on any atom is -0.478 e. The van der Waals surface area contributed by atoms with Gasteiger partial charge in [-0.2, -0.15) is 5.26 Å². The van der Waals surface area contributed by atoms with Crippen molar-refractivity contribution in [3.63, 3.8) is 0 Å². The quantitative estimate of drug-likeness (QED) is 0.878. The highest BCUT2D eigenvalue weighted by Gasteiger charge is 2.17. The second-order valence-corrected chi connectivity index (χ2v) is 4.84. The van der Waals surface area contributed by atoms with Gasteiger partial charge in [0.25, 0.3) is 0 Å². The third-order valence-electron chi connectivity index (χ3n) is 2.96. The van der Waals surface area contributed by atoms with Crippen molar-refractivity contribution in [1.29, 1.82) is 5.26 Å². The van der Waals surface area contributed by atoms with Crippen LogP contribution in [0.3, 0.4) is 0 Å². The summed E-state index contributed by atoms with van der Waals surface area (Å²) in [5, 5.41) is 18.1. The van der Waals surface area contributed by atoms with Gasteiger partial charge >= 0.3 is 5.97 Å². The lowest BCUT2D eigenvalue weighted by molar-refractivity contribution is 0.0692. The molecule has 1 N–H and O–H groups in total. The number of hydrogen-bond donors (Lipinski definition) is 1. The van der Waals surface area contributed by atoms with Crippen LogP contribution in [0.15, 0.2) is 42.5 Å². The van der Waals surface area contributed by atoms with Crippen molar-refractivity contribution in [2.45, 2.75) is 6.42 Å². The van der Waals surface area contributed by atoms with E-state index in [0.717, 1.165) is 0 Å². The van der Waals surface area contributed by atoms with Crippen LogP contribution in [0, 0.1) is 11.3 Å². The molecule has 0 unspecified atom stereocenters. The number of halogens is 1. The third kappa shape index (κ3) is 3.47. The fourth-order valence-corrected chi connectivity index (χ4v) is 2.09. The van der Waals surface area contributed by atoms with Crippen LogP contribution in [0.1, 0.15) is 31.8 Å². The van der Waals surface area contributed by atoms with E-state index < -0.39 is 5.97 Å². The van der Waals surface area contributed by atoms with Crippen molar-refractivity contribution < 1.29 is 14.7 Å². The summed E-state index contributed by atoms with van der Waals surface area (Å²) in [4.78, 5) is 23.4. The molecule has 0 fully saturated rings. The Bertz CT molecular complexity index is 745. The predicted octanol–water partition coefficient (Wildman–Crippen LogP) is 3.34. The summed E-state index contributed by atoms with van der Waals surface area (Å²) in [6.07, 6.45) is 0.0631. The van der Waals surface area contributed by atoms with Crippen LogP contribution in [0.5, 0.6) is 0 Å². The van der Waals surface area contributed by atoms with Gasteiger partial charge in [0.15, 0.2) is 5.78 Å². The van der Waals surface area contributed by atoms with Crippen LogP contribution >= 0.6 is 11.6 Å². The first-order valence-electron chi connectivity index (χ1n) is 6.06. The molecular formula is C16H10ClNO3. The van der Waals surface area contributed by atoms with Gasteiger partial charge in [0, 0.05) is 17.0 Å². The molecule has 0 aliphatic rings. The molecule has 0 aromatic heterocycles. The van der Waals surface area contributed by atoms with E-state index in [1.54, 1.807) is 24.3 Å². The predicted molar refractivity (Wildman–Crippen MR) is 77.6 cm³/mol. The molecule has 21 heavy (non-hydrogen) atoms. The van der Waals surface area contributed by atoms with Crippen molar-refractivity contribution in [2.75, 3.05) is 0 Å². The Hall–Kier alpha value is -2.64. The number of ketones is 1. The van der Waals surface area contributed by atoms with Crippen LogP contribution in [-0.2, 0) is 6.42 Å². The molecule has 2 rings (SSSR count). The fourth-order valence-electron chi connectivity index (χ4n) is 1.91. The highest BCUT2D eigenvalue weighted by molar-refractivity contribution is 6.31. The Morgan fingerprint density at radius 2 is 1.76 bits per heavy atom. The van der Waals surface area contributed by atoms with Crippen molar-refractivity contribution in [1.82, 2.24) is 0 Å². The Kier molecular flexibility index (Phi) is 4.36. The summed E-state index contributed by atoms with van der Waals surface area (Å²) >= 11 is 5.75. The number of benzene rings is 2. The van der Waals surface area contributed by atoms with Gasteiger partial charge in [0.2, 0.25) is 0 Å². The molecule has 2 aromatic carbocycles. The highest BCUT2D eigenvalue weighted by atomic mass is 35.5. The zero-order valence-electron chi connectivity index (χ0n) is 10.8. The topological polar surface area (TPSA) is 78.2 Å². The molecule has 0 atom stereocenters. The number of aromatic carboxylic acids is 1. The number of hydrogen-bond acceptors (Lipinski definition) is 3. The molecule has 0 amide bonds. The minimum absolute atomic E-state index is 0.0631. The van der Waals surface area contributed by atoms with Crippen LogP contribution in [-0.4, -0.2) is 16.9 Å². The second-order valence-electron chi connectivity index (χ2n) is 4.40. The summed E-state index contributed by atoms with van der Waals surface area (Å²) in [6, 6.07) is 12.7. The first-order chi connectivity index (χ1) is 10.0. The maximum absolute atomic E-state index is 12.2. The molecule has 4 nitrogen and oxygen atoms in total. The van der Waals surface area contributed by atoms with Gasteiger partial charge in [0.1, 0.15) is 0 Å². The largest absolute Gasteiger partial charge is 0.478 e. The zero-order valence-corrected chi connectivity index (χ0v) is 11.6. The van der Waals surface area contributed by atoms with E-state index in [1.165, 1.54) is 18.2 Å². The number of nitrogens with zero attached hydrogens (tertiary/aromatic N) is 1. The van der Waals surface area contributed by atoms with E-state index in [-0.39, 0.29) is 28.4 Å². The number of carboxylic acid groups (broad SMARTS) is 1. The maximum Gasteiger partial charge on any atom is 0.336 e. The van der Waals surface area contributed by atoms with Gasteiger partial charge in [-0.1, -0.05) is 23.7 Å². The third-order valence-corrected chi connectivity index (χ3v) is 3.20. The van der Waals surface area contributed by atoms with Gasteiger partial charge in [0.05, 0.1) is 17.2 Å². The van der Waals surface area contributed by atoms with Gasteiger partial charge in [-0.25, -0.2) is 4.79 Å². The summed E-state index contributed by atoms with van der Waals surface area (Å²) in [6.45, 7) is 0. The lowest BCUT2D eigenvalue weighted by Gasteiger charge is -2.06. The summed E-state index contributed by atoms with van der Waals surface area (Å²) in [7, 11) is 0. The van der Waals surface area contributed by atoms with Crippen LogP contribution in [0.4, 0.5) is 0 Å². The second kappa shape index (κ2) is 6.21. The van der Waals surface area contributed by atoms with Crippen LogP contribution < -0.4 is 0 Å². The Morgan fingerprint density at radius 3 is 2.33 bits per heavy atom. The minimum atomic E-state index is -1.19. The molecule has 0 bridgehead atoms. The molecule has 5 heteroatoms. The molecule has 0 saturated carbocycles. The van der Waals surface area contributed by atoms with Crippen molar-refractivity contribution >= 4 is 23.4 Å². The van der Waals surface area contributed by atoms with Crippen LogP contribution in [0.2, 0.25) is 5.02 Å². The van der Waals surface area contributed by atoms with Crippen molar-refractivity contribution in [3.8, 4) is 6.07 Å². The first kappa shape index (κ1) is 14.8. The molecule has 0 aliphatic heterocycles. The Morgan fingerprint density at radius 1 is 1.10 bits per heavy atom. The number of Topliss-reactive ketones (excluding diaryl/α,β-unsaturated/α-hetero) is 1. The normalized spacial score (nSPS) is 9.90. The number of carbonyl (C=O) groups excluding carboxylic acids is 1. The average molecular weight is 300 g/mol. The fraction of sp³-hybridized carbons (Fsp3) is 0.0625. The smallest absolute Gasteiger partial charge is 0.336 e. The van der Waals surface area contributed by atoms with E-state index in [9.17, 15) is 9.59 Å². The van der Waals surface area contributed by atoms with Crippen molar-refractivity contribution in [2.24, 2.45) is 0 Å². The molecule has 0 heterocycles. The lowest BCUT2D eigenvalue weighted by Crippen LogP contribution is -2.10. The molecule has 0 aliphatic carbocycles. The van der Waals surface area contributed by atoms with E-state index >= 15 is 0 Å². The monoisotopic (exact) mass is 299 g/mol. The number of nitriles is 1. The molecule has 2 aromatic rings. The summed E-state index contributed by atoms with van der Waals surface area (Å²) in [5.74, 6) is -1.51. The van der Waals surface area contributed by atoms with Crippen molar-refractivity contribution in [3.05, 3.63) is 69.7 Å². The lowest BCUT2D eigenvalue weighted by atomic mass is 9.98. The Labute approximate surface area is 126 Å². The maximum atomic E-state index is 12.2. The zero-order chi connectivity index (χ0) is 15.4. The van der Waals surface area contributed by atoms with Gasteiger partial charge in [-0.15, -0.1) is 0 Å². The van der Waals surface area contributed by atoms with E-state index in [2.05, 4.69) is 0 Å². The number of rotatable bonds is 4. The van der Waals surface area contributed by atoms with E-state index in [0.29, 0.717) is 11.1 Å². The summed E-state index contributed by atoms with van der Waals surface area (Å²) < 4.78 is 0. The average Bonchev–Trinajstić information content (AvgIpc) is 2.47. The van der Waals surface area contributed by atoms with E-state index in [4.69, 9.17) is 22.0 Å². The van der Waals surface area contributed by atoms with Gasteiger partial charge in [-0.05, 0) is 35.9 Å². The number of carbonyl (C=O) groups is 2. The standard InChI is InChI=1S/C16H10ClNO3/c17-12-5-6-13(14(8-12)16(20)21)15(19)7-10-1-3-11(9-18)4-2-10/h1-6,8H,7H2,(H,20,21). The number of carboxylic acids is 1. The first-order valence-corrected chi connectivity index (χ1v) is 6.44. The van der Waals surface area contributed by atoms with Gasteiger partial charge < -0.3 is 5.11 Å².